The maximum Gasteiger partial charge on any atom is 0.435 e. The first-order chi connectivity index (χ1) is 12.4. The Hall–Kier alpha value is -3.30. The topological polar surface area (TPSA) is 88.3 Å². The van der Waals surface area contributed by atoms with Gasteiger partial charge < -0.3 is 9.55 Å². The molecule has 1 N–H and O–H groups in total. The molecule has 0 atom stereocenters. The Morgan fingerprint density at radius 1 is 1.15 bits per heavy atom. The van der Waals surface area contributed by atoms with Gasteiger partial charge in [0.1, 0.15) is 5.82 Å². The van der Waals surface area contributed by atoms with Crippen LogP contribution in [-0.2, 0) is 19.1 Å². The van der Waals surface area contributed by atoms with Crippen LogP contribution in [0, 0.1) is 0 Å². The van der Waals surface area contributed by atoms with Gasteiger partial charge in [0.2, 0.25) is 0 Å². The van der Waals surface area contributed by atoms with Gasteiger partial charge in [0.25, 0.3) is 5.56 Å². The molecule has 0 amide bonds. The van der Waals surface area contributed by atoms with Crippen LogP contribution in [0.1, 0.15) is 11.5 Å². The van der Waals surface area contributed by atoms with Gasteiger partial charge in [0.05, 0.1) is 12.0 Å². The largest absolute Gasteiger partial charge is 0.435 e. The van der Waals surface area contributed by atoms with Crippen LogP contribution in [0.4, 0.5) is 24.5 Å². The Morgan fingerprint density at radius 2 is 1.92 bits per heavy atom. The highest BCUT2D eigenvalue weighted by Gasteiger charge is 2.37. The van der Waals surface area contributed by atoms with E-state index < -0.39 is 23.1 Å². The number of azo groups is 1. The number of aromatic nitrogens is 4. The first kappa shape index (κ1) is 17.5. The summed E-state index contributed by atoms with van der Waals surface area (Å²) in [5.74, 6) is -0.0883. The van der Waals surface area contributed by atoms with Crippen LogP contribution < -0.4 is 5.56 Å². The van der Waals surface area contributed by atoms with Crippen molar-refractivity contribution >= 4 is 11.4 Å². The van der Waals surface area contributed by atoms with Gasteiger partial charge in [-0.3, -0.25) is 4.79 Å². The third-order valence-electron chi connectivity index (χ3n) is 3.40. The predicted molar refractivity (Wildman–Crippen MR) is 86.4 cm³/mol. The first-order valence-corrected chi connectivity index (χ1v) is 7.56. The second kappa shape index (κ2) is 7.30. The fourth-order valence-electron chi connectivity index (χ4n) is 2.18. The van der Waals surface area contributed by atoms with Crippen molar-refractivity contribution in [2.45, 2.75) is 19.1 Å². The highest BCUT2D eigenvalue weighted by molar-refractivity contribution is 5.43. The number of hydrogen-bond donors (Lipinski definition) is 1. The molecule has 1 aromatic carbocycles. The summed E-state index contributed by atoms with van der Waals surface area (Å²) >= 11 is 0. The third-order valence-corrected chi connectivity index (χ3v) is 3.40. The molecule has 134 valence electrons. The molecule has 10 heteroatoms. The predicted octanol–water partition coefficient (Wildman–Crippen LogP) is 3.64. The maximum atomic E-state index is 13.3. The van der Waals surface area contributed by atoms with Crippen molar-refractivity contribution in [2.24, 2.45) is 10.2 Å². The highest BCUT2D eigenvalue weighted by Crippen LogP contribution is 2.33. The lowest BCUT2D eigenvalue weighted by atomic mass is 10.3. The number of aromatic amines is 1. The van der Waals surface area contributed by atoms with E-state index in [-0.39, 0.29) is 12.2 Å². The van der Waals surface area contributed by atoms with E-state index in [0.717, 1.165) is 0 Å². The summed E-state index contributed by atoms with van der Waals surface area (Å²) in [5.41, 5.74) is -2.90. The SMILES string of the molecule is O=c1[nH]c(CCn2ccnc2)nc(C(F)(F)F)c1N=Nc1ccccc1. The van der Waals surface area contributed by atoms with Gasteiger partial charge in [-0.1, -0.05) is 18.2 Å². The maximum absolute atomic E-state index is 13.3. The summed E-state index contributed by atoms with van der Waals surface area (Å²) in [4.78, 5) is 21.8. The number of hydrogen-bond acceptors (Lipinski definition) is 5. The van der Waals surface area contributed by atoms with Crippen molar-refractivity contribution in [1.82, 2.24) is 19.5 Å². The van der Waals surface area contributed by atoms with Crippen LogP contribution in [0.5, 0.6) is 0 Å². The molecule has 0 fully saturated rings. The number of nitrogens with one attached hydrogen (secondary N) is 1. The third kappa shape index (κ3) is 4.21. The summed E-state index contributed by atoms with van der Waals surface area (Å²) in [6.07, 6.45) is -0.00530. The van der Waals surface area contributed by atoms with E-state index in [1.807, 2.05) is 0 Å². The normalized spacial score (nSPS) is 12.0. The molecule has 2 aromatic heterocycles. The van der Waals surface area contributed by atoms with E-state index in [4.69, 9.17) is 0 Å². The minimum Gasteiger partial charge on any atom is -0.337 e. The second-order valence-electron chi connectivity index (χ2n) is 5.29. The zero-order chi connectivity index (χ0) is 18.6. The van der Waals surface area contributed by atoms with Crippen LogP contribution in [0.2, 0.25) is 0 Å². The molecule has 0 radical (unpaired) electrons. The van der Waals surface area contributed by atoms with Crippen LogP contribution in [0.25, 0.3) is 0 Å². The van der Waals surface area contributed by atoms with E-state index in [2.05, 4.69) is 25.2 Å². The minimum absolute atomic E-state index is 0.0883. The molecule has 3 aromatic rings. The molecule has 0 saturated heterocycles. The average molecular weight is 362 g/mol. The lowest BCUT2D eigenvalue weighted by Crippen LogP contribution is -2.20. The van der Waals surface area contributed by atoms with E-state index in [1.165, 1.54) is 6.33 Å². The molecule has 26 heavy (non-hydrogen) atoms. The molecule has 0 aliphatic heterocycles. The van der Waals surface area contributed by atoms with Crippen LogP contribution >= 0.6 is 0 Å². The Morgan fingerprint density at radius 3 is 2.58 bits per heavy atom. The Balaban J connectivity index is 1.93. The van der Waals surface area contributed by atoms with Gasteiger partial charge in [-0.05, 0) is 12.1 Å². The molecule has 2 heterocycles. The summed E-state index contributed by atoms with van der Waals surface area (Å²) in [7, 11) is 0. The molecule has 3 rings (SSSR count). The lowest BCUT2D eigenvalue weighted by Gasteiger charge is -2.10. The first-order valence-electron chi connectivity index (χ1n) is 7.56. The minimum atomic E-state index is -4.83. The molecule has 7 nitrogen and oxygen atoms in total. The number of imidazole rings is 1. The van der Waals surface area contributed by atoms with Crippen LogP contribution in [0.3, 0.4) is 0 Å². The zero-order valence-electron chi connectivity index (χ0n) is 13.3. The molecule has 0 saturated carbocycles. The van der Waals surface area contributed by atoms with Crippen LogP contribution in [0.15, 0.2) is 64.1 Å². The number of alkyl halides is 3. The smallest absolute Gasteiger partial charge is 0.337 e. The summed E-state index contributed by atoms with van der Waals surface area (Å²) in [6, 6.07) is 8.14. The Kier molecular flexibility index (Phi) is 4.92. The molecular formula is C16H13F3N6O. The fourth-order valence-corrected chi connectivity index (χ4v) is 2.18. The summed E-state index contributed by atoms with van der Waals surface area (Å²) in [6.45, 7) is 0.325. The highest BCUT2D eigenvalue weighted by atomic mass is 19.4. The average Bonchev–Trinajstić information content (AvgIpc) is 3.12. The molecular weight excluding hydrogens is 349 g/mol. The van der Waals surface area contributed by atoms with Gasteiger partial charge in [-0.15, -0.1) is 5.11 Å². The van der Waals surface area contributed by atoms with Gasteiger partial charge in [0, 0.05) is 25.4 Å². The molecule has 0 aliphatic rings. The van der Waals surface area contributed by atoms with E-state index in [0.29, 0.717) is 12.2 Å². The van der Waals surface area contributed by atoms with E-state index in [9.17, 15) is 18.0 Å². The zero-order valence-corrected chi connectivity index (χ0v) is 13.3. The number of halogens is 3. The van der Waals surface area contributed by atoms with Gasteiger partial charge in [0.15, 0.2) is 11.4 Å². The monoisotopic (exact) mass is 362 g/mol. The molecule has 0 unspecified atom stereocenters. The molecule has 0 bridgehead atoms. The second-order valence-corrected chi connectivity index (χ2v) is 5.29. The number of aryl methyl sites for hydroxylation is 2. The van der Waals surface area contributed by atoms with Crippen molar-refractivity contribution in [3.63, 3.8) is 0 Å². The van der Waals surface area contributed by atoms with E-state index >= 15 is 0 Å². The van der Waals surface area contributed by atoms with Crippen LogP contribution in [-0.4, -0.2) is 19.5 Å². The summed E-state index contributed by atoms with van der Waals surface area (Å²) in [5, 5.41) is 7.16. The lowest BCUT2D eigenvalue weighted by molar-refractivity contribution is -0.140. The number of H-pyrrole nitrogens is 1. The van der Waals surface area contributed by atoms with E-state index in [1.54, 1.807) is 47.3 Å². The fraction of sp³-hybridized carbons (Fsp3) is 0.188. The quantitative estimate of drug-likeness (QED) is 0.703. The molecule has 0 spiro atoms. The Labute approximate surface area is 145 Å². The number of rotatable bonds is 5. The van der Waals surface area contributed by atoms with Gasteiger partial charge in [-0.2, -0.15) is 18.3 Å². The van der Waals surface area contributed by atoms with Crippen molar-refractivity contribution in [1.29, 1.82) is 0 Å². The van der Waals surface area contributed by atoms with Crippen molar-refractivity contribution in [3.8, 4) is 0 Å². The summed E-state index contributed by atoms with van der Waals surface area (Å²) < 4.78 is 41.6. The Bertz CT molecular complexity index is 948. The standard InChI is InChI=1S/C16H13F3N6O/c17-16(18,19)14-13(24-23-11-4-2-1-3-5-11)15(26)22-12(21-14)6-8-25-9-7-20-10-25/h1-5,7,9-10H,6,8H2,(H,21,22,26). The van der Waals surface area contributed by atoms with Gasteiger partial charge >= 0.3 is 6.18 Å². The number of nitrogens with zero attached hydrogens (tertiary/aromatic N) is 5. The van der Waals surface area contributed by atoms with Crippen molar-refractivity contribution in [2.75, 3.05) is 0 Å². The molecule has 0 aliphatic carbocycles. The van der Waals surface area contributed by atoms with Crippen molar-refractivity contribution < 1.29 is 13.2 Å². The number of benzene rings is 1. The van der Waals surface area contributed by atoms with Gasteiger partial charge in [-0.25, -0.2) is 9.97 Å². The van der Waals surface area contributed by atoms with Crippen molar-refractivity contribution in [3.05, 3.63) is 70.9 Å².